The lowest BCUT2D eigenvalue weighted by Gasteiger charge is -2.08. The summed E-state index contributed by atoms with van der Waals surface area (Å²) in [7, 11) is 0. The molecule has 1 aliphatic rings. The molecule has 0 saturated heterocycles. The first-order chi connectivity index (χ1) is 9.74. The summed E-state index contributed by atoms with van der Waals surface area (Å²) in [4.78, 5) is 16.3. The van der Waals surface area contributed by atoms with E-state index in [1.54, 1.807) is 17.0 Å². The highest BCUT2D eigenvalue weighted by Crippen LogP contribution is 2.33. The van der Waals surface area contributed by atoms with Gasteiger partial charge in [-0.1, -0.05) is 12.1 Å². The molecule has 3 rings (SSSR count). The maximum Gasteiger partial charge on any atom is 0.293 e. The maximum atomic E-state index is 12.2. The molecule has 1 aromatic carbocycles. The average Bonchev–Trinajstić information content (AvgIpc) is 3.27. The quantitative estimate of drug-likeness (QED) is 0.813. The number of aromatic nitrogens is 2. The second-order valence-electron chi connectivity index (χ2n) is 5.14. The second-order valence-corrected chi connectivity index (χ2v) is 5.14. The van der Waals surface area contributed by atoms with E-state index in [-0.39, 0.29) is 5.56 Å². The fraction of sp³-hybridized carbons (Fsp3) is 0.333. The van der Waals surface area contributed by atoms with Crippen LogP contribution in [0.25, 0.3) is 0 Å². The molecular weight excluding hydrogens is 252 g/mol. The molecule has 104 valence electrons. The van der Waals surface area contributed by atoms with E-state index in [2.05, 4.69) is 10.3 Å². The Morgan fingerprint density at radius 1 is 1.30 bits per heavy atom. The SMILES string of the molecule is Nc1ccc(CCNc2nccn(C3CC3)c2=O)cc1. The molecule has 3 N–H and O–H groups in total. The first-order valence-electron chi connectivity index (χ1n) is 6.89. The zero-order valence-corrected chi connectivity index (χ0v) is 11.2. The van der Waals surface area contributed by atoms with Gasteiger partial charge in [-0.05, 0) is 37.0 Å². The number of anilines is 2. The van der Waals surface area contributed by atoms with Gasteiger partial charge < -0.3 is 15.6 Å². The molecule has 5 heteroatoms. The molecule has 1 aromatic heterocycles. The molecule has 5 nitrogen and oxygen atoms in total. The van der Waals surface area contributed by atoms with Gasteiger partial charge in [0.1, 0.15) is 0 Å². The van der Waals surface area contributed by atoms with Crippen molar-refractivity contribution < 1.29 is 0 Å². The molecule has 1 fully saturated rings. The summed E-state index contributed by atoms with van der Waals surface area (Å²) in [5.74, 6) is 0.440. The number of benzene rings is 1. The zero-order valence-electron chi connectivity index (χ0n) is 11.2. The molecule has 0 aliphatic heterocycles. The van der Waals surface area contributed by atoms with Crippen molar-refractivity contribution in [2.24, 2.45) is 0 Å². The lowest BCUT2D eigenvalue weighted by Crippen LogP contribution is -2.24. The first-order valence-corrected chi connectivity index (χ1v) is 6.89. The van der Waals surface area contributed by atoms with Gasteiger partial charge in [0.05, 0.1) is 0 Å². The highest BCUT2D eigenvalue weighted by atomic mass is 16.1. The van der Waals surface area contributed by atoms with Crippen LogP contribution in [0, 0.1) is 0 Å². The predicted molar refractivity (Wildman–Crippen MR) is 79.8 cm³/mol. The van der Waals surface area contributed by atoms with Crippen LogP contribution in [0.15, 0.2) is 41.5 Å². The van der Waals surface area contributed by atoms with Crippen molar-refractivity contribution in [3.63, 3.8) is 0 Å². The molecule has 0 spiro atoms. The normalized spacial score (nSPS) is 14.2. The molecule has 0 radical (unpaired) electrons. The summed E-state index contributed by atoms with van der Waals surface area (Å²) in [5, 5.41) is 3.12. The third-order valence-corrected chi connectivity index (χ3v) is 3.49. The summed E-state index contributed by atoms with van der Waals surface area (Å²) in [6, 6.07) is 8.14. The summed E-state index contributed by atoms with van der Waals surface area (Å²) in [5.41, 5.74) is 7.57. The summed E-state index contributed by atoms with van der Waals surface area (Å²) < 4.78 is 1.78. The van der Waals surface area contributed by atoms with Crippen molar-refractivity contribution in [1.29, 1.82) is 0 Å². The second kappa shape index (κ2) is 5.36. The maximum absolute atomic E-state index is 12.2. The van der Waals surface area contributed by atoms with Crippen LogP contribution in [0.2, 0.25) is 0 Å². The Balaban J connectivity index is 1.62. The molecule has 1 heterocycles. The molecule has 1 aliphatic carbocycles. The zero-order chi connectivity index (χ0) is 13.9. The van der Waals surface area contributed by atoms with Gasteiger partial charge in [-0.25, -0.2) is 4.98 Å². The van der Waals surface area contributed by atoms with E-state index in [9.17, 15) is 4.79 Å². The van der Waals surface area contributed by atoms with E-state index in [1.807, 2.05) is 24.3 Å². The first kappa shape index (κ1) is 12.7. The summed E-state index contributed by atoms with van der Waals surface area (Å²) in [6.45, 7) is 0.681. The number of hydrogen-bond acceptors (Lipinski definition) is 4. The minimum absolute atomic E-state index is 0.0210. The van der Waals surface area contributed by atoms with Crippen molar-refractivity contribution >= 4 is 11.5 Å². The smallest absolute Gasteiger partial charge is 0.293 e. The Morgan fingerprint density at radius 2 is 2.05 bits per heavy atom. The van der Waals surface area contributed by atoms with Gasteiger partial charge in [0, 0.05) is 30.7 Å². The highest BCUT2D eigenvalue weighted by molar-refractivity contribution is 5.39. The Labute approximate surface area is 117 Å². The highest BCUT2D eigenvalue weighted by Gasteiger charge is 2.25. The van der Waals surface area contributed by atoms with Gasteiger partial charge in [-0.15, -0.1) is 0 Å². The molecule has 1 saturated carbocycles. The van der Waals surface area contributed by atoms with Crippen LogP contribution in [0.3, 0.4) is 0 Å². The van der Waals surface area contributed by atoms with Crippen molar-refractivity contribution in [2.75, 3.05) is 17.6 Å². The molecule has 0 unspecified atom stereocenters. The van der Waals surface area contributed by atoms with E-state index in [0.717, 1.165) is 24.9 Å². The average molecular weight is 270 g/mol. The predicted octanol–water partition coefficient (Wildman–Crippen LogP) is 1.81. The third kappa shape index (κ3) is 2.82. The van der Waals surface area contributed by atoms with Crippen LogP contribution in [0.1, 0.15) is 24.4 Å². The molecule has 2 aromatic rings. The molecule has 0 amide bonds. The van der Waals surface area contributed by atoms with Gasteiger partial charge >= 0.3 is 0 Å². The van der Waals surface area contributed by atoms with Crippen molar-refractivity contribution in [1.82, 2.24) is 9.55 Å². The van der Waals surface area contributed by atoms with Crippen LogP contribution in [-0.4, -0.2) is 16.1 Å². The van der Waals surface area contributed by atoms with Gasteiger partial charge in [0.25, 0.3) is 5.56 Å². The van der Waals surface area contributed by atoms with E-state index < -0.39 is 0 Å². The number of nitrogen functional groups attached to an aromatic ring is 1. The number of nitrogens with one attached hydrogen (secondary N) is 1. The number of nitrogens with two attached hydrogens (primary N) is 1. The lowest BCUT2D eigenvalue weighted by molar-refractivity contribution is 0.699. The molecule has 0 bridgehead atoms. The minimum atomic E-state index is -0.0210. The lowest BCUT2D eigenvalue weighted by atomic mass is 10.1. The van der Waals surface area contributed by atoms with Crippen molar-refractivity contribution in [3.05, 3.63) is 52.6 Å². The molecule has 0 atom stereocenters. The number of rotatable bonds is 5. The van der Waals surface area contributed by atoms with Gasteiger partial charge in [0.15, 0.2) is 5.82 Å². The number of hydrogen-bond donors (Lipinski definition) is 2. The van der Waals surface area contributed by atoms with E-state index in [1.165, 1.54) is 5.56 Å². The van der Waals surface area contributed by atoms with Gasteiger partial charge in [-0.2, -0.15) is 0 Å². The van der Waals surface area contributed by atoms with E-state index >= 15 is 0 Å². The van der Waals surface area contributed by atoms with Gasteiger partial charge in [0.2, 0.25) is 0 Å². The Morgan fingerprint density at radius 3 is 2.75 bits per heavy atom. The van der Waals surface area contributed by atoms with Crippen molar-refractivity contribution in [3.8, 4) is 0 Å². The van der Waals surface area contributed by atoms with Crippen LogP contribution < -0.4 is 16.6 Å². The van der Waals surface area contributed by atoms with E-state index in [0.29, 0.717) is 18.4 Å². The minimum Gasteiger partial charge on any atom is -0.399 e. The van der Waals surface area contributed by atoms with Crippen LogP contribution in [-0.2, 0) is 6.42 Å². The third-order valence-electron chi connectivity index (χ3n) is 3.49. The Hall–Kier alpha value is -2.30. The topological polar surface area (TPSA) is 72.9 Å². The van der Waals surface area contributed by atoms with Crippen molar-refractivity contribution in [2.45, 2.75) is 25.3 Å². The monoisotopic (exact) mass is 270 g/mol. The van der Waals surface area contributed by atoms with E-state index in [4.69, 9.17) is 5.73 Å². The summed E-state index contributed by atoms with van der Waals surface area (Å²) in [6.07, 6.45) is 6.47. The summed E-state index contributed by atoms with van der Waals surface area (Å²) >= 11 is 0. The standard InChI is InChI=1S/C15H18N4O/c16-12-3-1-11(2-4-12)7-8-17-14-15(20)19(10-9-18-14)13-5-6-13/h1-4,9-10,13H,5-8,16H2,(H,17,18). The Kier molecular flexibility index (Phi) is 3.41. The number of nitrogens with zero attached hydrogens (tertiary/aromatic N) is 2. The Bertz CT molecular complexity index is 644. The van der Waals surface area contributed by atoms with Crippen LogP contribution >= 0.6 is 0 Å². The van der Waals surface area contributed by atoms with Gasteiger partial charge in [-0.3, -0.25) is 4.79 Å². The van der Waals surface area contributed by atoms with Crippen LogP contribution in [0.5, 0.6) is 0 Å². The fourth-order valence-electron chi connectivity index (χ4n) is 2.20. The molecule has 20 heavy (non-hydrogen) atoms. The molecular formula is C15H18N4O. The largest absolute Gasteiger partial charge is 0.399 e. The van der Waals surface area contributed by atoms with Crippen LogP contribution in [0.4, 0.5) is 11.5 Å². The fourth-order valence-corrected chi connectivity index (χ4v) is 2.20.